The van der Waals surface area contributed by atoms with Crippen LogP contribution in [0.5, 0.6) is 11.5 Å². The van der Waals surface area contributed by atoms with Gasteiger partial charge in [0, 0.05) is 0 Å². The molecular formula is C30H32N2O3. The number of nitrogens with zero attached hydrogens (tertiary/aromatic N) is 1. The van der Waals surface area contributed by atoms with E-state index < -0.39 is 5.91 Å². The summed E-state index contributed by atoms with van der Waals surface area (Å²) in [4.78, 5) is 13.1. The second-order valence-corrected chi connectivity index (χ2v) is 8.22. The third kappa shape index (κ3) is 7.48. The molecule has 0 spiro atoms. The standard InChI is InChI=1S/C30H32N2O3/c1-3-4-5-12-19-35-27-18-17-23(21-28(27)34-2)20-26(22-31)30(33)32-29(24-13-8-6-9-14-24)25-15-10-7-11-16-25/h6-11,13-18,20-21,29H,3-5,12,19H2,1-2H3,(H,32,33)/b26-20+. The fourth-order valence-corrected chi connectivity index (χ4v) is 3.78. The summed E-state index contributed by atoms with van der Waals surface area (Å²) in [7, 11) is 1.58. The molecule has 0 saturated heterocycles. The second kappa shape index (κ2) is 13.6. The molecule has 0 fully saturated rings. The average molecular weight is 469 g/mol. The molecule has 1 amide bonds. The Morgan fingerprint density at radius 2 is 1.60 bits per heavy atom. The summed E-state index contributed by atoms with van der Waals surface area (Å²) in [5.41, 5.74) is 2.57. The Morgan fingerprint density at radius 3 is 2.17 bits per heavy atom. The maximum Gasteiger partial charge on any atom is 0.262 e. The zero-order chi connectivity index (χ0) is 24.9. The van der Waals surface area contributed by atoms with E-state index in [1.54, 1.807) is 19.3 Å². The van der Waals surface area contributed by atoms with Gasteiger partial charge in [0.1, 0.15) is 11.6 Å². The molecule has 0 saturated carbocycles. The van der Waals surface area contributed by atoms with Crippen molar-refractivity contribution in [2.45, 2.75) is 38.6 Å². The quantitative estimate of drug-likeness (QED) is 0.188. The fourth-order valence-electron chi connectivity index (χ4n) is 3.78. The van der Waals surface area contributed by atoms with Crippen LogP contribution in [0.15, 0.2) is 84.4 Å². The predicted molar refractivity (Wildman–Crippen MR) is 139 cm³/mol. The van der Waals surface area contributed by atoms with Gasteiger partial charge in [0.2, 0.25) is 0 Å². The molecular weight excluding hydrogens is 436 g/mol. The van der Waals surface area contributed by atoms with E-state index in [-0.39, 0.29) is 11.6 Å². The van der Waals surface area contributed by atoms with E-state index in [1.165, 1.54) is 12.8 Å². The van der Waals surface area contributed by atoms with Gasteiger partial charge in [-0.15, -0.1) is 0 Å². The zero-order valence-corrected chi connectivity index (χ0v) is 20.4. The van der Waals surface area contributed by atoms with Crippen molar-refractivity contribution in [1.82, 2.24) is 5.32 Å². The lowest BCUT2D eigenvalue weighted by molar-refractivity contribution is -0.117. The van der Waals surface area contributed by atoms with Crippen LogP contribution in [0, 0.1) is 11.3 Å². The molecule has 5 heteroatoms. The van der Waals surface area contributed by atoms with Gasteiger partial charge in [-0.2, -0.15) is 5.26 Å². The molecule has 0 aliphatic heterocycles. The van der Waals surface area contributed by atoms with Crippen molar-refractivity contribution in [1.29, 1.82) is 5.26 Å². The Kier molecular flexibility index (Phi) is 9.95. The van der Waals surface area contributed by atoms with E-state index in [4.69, 9.17) is 9.47 Å². The first-order valence-corrected chi connectivity index (χ1v) is 12.0. The van der Waals surface area contributed by atoms with Crippen molar-refractivity contribution in [3.8, 4) is 17.6 Å². The molecule has 0 aliphatic carbocycles. The monoisotopic (exact) mass is 468 g/mol. The largest absolute Gasteiger partial charge is 0.493 e. The maximum absolute atomic E-state index is 13.1. The summed E-state index contributed by atoms with van der Waals surface area (Å²) < 4.78 is 11.4. The highest BCUT2D eigenvalue weighted by Crippen LogP contribution is 2.29. The van der Waals surface area contributed by atoms with Crippen molar-refractivity contribution in [3.63, 3.8) is 0 Å². The zero-order valence-electron chi connectivity index (χ0n) is 20.4. The number of hydrogen-bond donors (Lipinski definition) is 1. The van der Waals surface area contributed by atoms with Crippen molar-refractivity contribution in [2.75, 3.05) is 13.7 Å². The highest BCUT2D eigenvalue weighted by molar-refractivity contribution is 6.02. The Morgan fingerprint density at radius 1 is 0.943 bits per heavy atom. The lowest BCUT2D eigenvalue weighted by Gasteiger charge is -2.19. The van der Waals surface area contributed by atoms with E-state index in [2.05, 4.69) is 12.2 Å². The third-order valence-corrected chi connectivity index (χ3v) is 5.66. The van der Waals surface area contributed by atoms with Crippen LogP contribution in [0.3, 0.4) is 0 Å². The Labute approximate surface area is 208 Å². The van der Waals surface area contributed by atoms with Gasteiger partial charge < -0.3 is 14.8 Å². The summed E-state index contributed by atoms with van der Waals surface area (Å²) in [6.07, 6.45) is 6.06. The number of methoxy groups -OCH3 is 1. The van der Waals surface area contributed by atoms with Crippen LogP contribution in [0.25, 0.3) is 6.08 Å². The Balaban J connectivity index is 1.78. The minimum absolute atomic E-state index is 0.0112. The number of nitriles is 1. The molecule has 3 aromatic rings. The number of carbonyl (C=O) groups excluding carboxylic acids is 1. The molecule has 5 nitrogen and oxygen atoms in total. The van der Waals surface area contributed by atoms with E-state index >= 15 is 0 Å². The molecule has 0 heterocycles. The minimum Gasteiger partial charge on any atom is -0.493 e. The van der Waals surface area contributed by atoms with Crippen LogP contribution in [0.2, 0.25) is 0 Å². The molecule has 3 aromatic carbocycles. The summed E-state index contributed by atoms with van der Waals surface area (Å²) in [5, 5.41) is 12.8. The van der Waals surface area contributed by atoms with E-state index in [0.717, 1.165) is 24.0 Å². The van der Waals surface area contributed by atoms with Crippen LogP contribution in [0.1, 0.15) is 55.3 Å². The molecule has 35 heavy (non-hydrogen) atoms. The third-order valence-electron chi connectivity index (χ3n) is 5.66. The minimum atomic E-state index is -0.444. The van der Waals surface area contributed by atoms with Gasteiger partial charge in [-0.3, -0.25) is 4.79 Å². The van der Waals surface area contributed by atoms with Crippen molar-refractivity contribution in [3.05, 3.63) is 101 Å². The molecule has 1 N–H and O–H groups in total. The summed E-state index contributed by atoms with van der Waals surface area (Å²) in [6, 6.07) is 26.5. The van der Waals surface area contributed by atoms with E-state index in [9.17, 15) is 10.1 Å². The van der Waals surface area contributed by atoms with Crippen molar-refractivity contribution >= 4 is 12.0 Å². The number of carbonyl (C=O) groups is 1. The van der Waals surface area contributed by atoms with Gasteiger partial charge in [-0.25, -0.2) is 0 Å². The molecule has 0 radical (unpaired) electrons. The Hall–Kier alpha value is -4.04. The number of nitrogens with one attached hydrogen (secondary N) is 1. The number of hydrogen-bond acceptors (Lipinski definition) is 4. The lowest BCUT2D eigenvalue weighted by Crippen LogP contribution is -2.30. The first-order chi connectivity index (χ1) is 17.2. The predicted octanol–water partition coefficient (Wildman–Crippen LogP) is 6.47. The van der Waals surface area contributed by atoms with Crippen LogP contribution in [0.4, 0.5) is 0 Å². The van der Waals surface area contributed by atoms with Gasteiger partial charge in [-0.05, 0) is 41.3 Å². The molecule has 0 atom stereocenters. The highest BCUT2D eigenvalue weighted by atomic mass is 16.5. The highest BCUT2D eigenvalue weighted by Gasteiger charge is 2.19. The molecule has 0 unspecified atom stereocenters. The van der Waals surface area contributed by atoms with E-state index in [0.29, 0.717) is 23.7 Å². The SMILES string of the molecule is CCCCCCOc1ccc(/C=C(\C#N)C(=O)NC(c2ccccc2)c2ccccc2)cc1OC. The van der Waals surface area contributed by atoms with Gasteiger partial charge in [0.25, 0.3) is 5.91 Å². The molecule has 180 valence electrons. The second-order valence-electron chi connectivity index (χ2n) is 8.22. The van der Waals surface area contributed by atoms with Crippen LogP contribution < -0.4 is 14.8 Å². The molecule has 3 rings (SSSR count). The summed E-state index contributed by atoms with van der Waals surface area (Å²) in [6.45, 7) is 2.80. The van der Waals surface area contributed by atoms with Gasteiger partial charge in [-0.1, -0.05) is 92.9 Å². The first-order valence-electron chi connectivity index (χ1n) is 12.0. The van der Waals surface area contributed by atoms with Gasteiger partial charge in [0.15, 0.2) is 11.5 Å². The van der Waals surface area contributed by atoms with E-state index in [1.807, 2.05) is 78.9 Å². The van der Waals surface area contributed by atoms with Crippen molar-refractivity contribution < 1.29 is 14.3 Å². The van der Waals surface area contributed by atoms with Crippen LogP contribution in [-0.2, 0) is 4.79 Å². The number of ether oxygens (including phenoxy) is 2. The molecule has 0 bridgehead atoms. The maximum atomic E-state index is 13.1. The normalized spacial score (nSPS) is 11.1. The summed E-state index contributed by atoms with van der Waals surface area (Å²) in [5.74, 6) is 0.774. The molecule has 0 aliphatic rings. The number of rotatable bonds is 12. The summed E-state index contributed by atoms with van der Waals surface area (Å²) >= 11 is 0. The topological polar surface area (TPSA) is 71.3 Å². The average Bonchev–Trinajstić information content (AvgIpc) is 2.91. The molecule has 0 aromatic heterocycles. The number of unbranched alkanes of at least 4 members (excludes halogenated alkanes) is 3. The van der Waals surface area contributed by atoms with Crippen LogP contribution in [-0.4, -0.2) is 19.6 Å². The van der Waals surface area contributed by atoms with Crippen LogP contribution >= 0.6 is 0 Å². The number of amides is 1. The lowest BCUT2D eigenvalue weighted by atomic mass is 9.98. The van der Waals surface area contributed by atoms with Crippen molar-refractivity contribution in [2.24, 2.45) is 0 Å². The van der Waals surface area contributed by atoms with Gasteiger partial charge in [0.05, 0.1) is 19.8 Å². The number of benzene rings is 3. The van der Waals surface area contributed by atoms with Gasteiger partial charge >= 0.3 is 0 Å². The fraction of sp³-hybridized carbons (Fsp3) is 0.267. The smallest absolute Gasteiger partial charge is 0.262 e. The Bertz CT molecular complexity index is 1110. The first kappa shape index (κ1) is 25.6.